The van der Waals surface area contributed by atoms with Crippen LogP contribution in [-0.4, -0.2) is 41.1 Å². The monoisotopic (exact) mass is 270 g/mol. The number of rotatable bonds is 2. The van der Waals surface area contributed by atoms with Gasteiger partial charge in [-0.2, -0.15) is 15.0 Å². The van der Waals surface area contributed by atoms with Crippen LogP contribution in [0.2, 0.25) is 0 Å². The molecule has 0 radical (unpaired) electrons. The number of aromatic nitrogens is 3. The molecule has 3 rings (SSSR count). The zero-order valence-corrected chi connectivity index (χ0v) is 11.2. The van der Waals surface area contributed by atoms with E-state index in [1.165, 1.54) is 25.7 Å². The van der Waals surface area contributed by atoms with Crippen LogP contribution in [-0.2, 0) is 0 Å². The summed E-state index contributed by atoms with van der Waals surface area (Å²) in [7, 11) is 0. The minimum atomic E-state index is 0. The minimum Gasteiger partial charge on any atom is -0.368 e. The Kier molecular flexibility index (Phi) is 4.06. The van der Waals surface area contributed by atoms with E-state index in [1.54, 1.807) is 0 Å². The van der Waals surface area contributed by atoms with Crippen molar-refractivity contribution in [3.05, 3.63) is 0 Å². The number of hydrogen-bond donors (Lipinski definition) is 1. The Morgan fingerprint density at radius 2 is 1.11 bits per heavy atom. The highest BCUT2D eigenvalue weighted by Crippen LogP contribution is 2.21. The smallest absolute Gasteiger partial charge is 0.231 e. The fraction of sp³-hybridized carbons (Fsp3) is 0.727. The fourth-order valence-electron chi connectivity index (χ4n) is 2.49. The van der Waals surface area contributed by atoms with Crippen molar-refractivity contribution in [3.8, 4) is 0 Å². The molecule has 3 heterocycles. The number of nitrogens with two attached hydrogens (primary N) is 1. The lowest BCUT2D eigenvalue weighted by atomic mass is 10.4. The predicted octanol–water partition coefficient (Wildman–Crippen LogP) is 1.08. The molecule has 6 nitrogen and oxygen atoms in total. The highest BCUT2D eigenvalue weighted by molar-refractivity contribution is 5.85. The van der Waals surface area contributed by atoms with Crippen LogP contribution < -0.4 is 15.5 Å². The van der Waals surface area contributed by atoms with Gasteiger partial charge in [0, 0.05) is 26.2 Å². The molecule has 0 aromatic carbocycles. The number of nitrogen functional groups attached to an aromatic ring is 1. The summed E-state index contributed by atoms with van der Waals surface area (Å²) in [5.74, 6) is 1.83. The summed E-state index contributed by atoms with van der Waals surface area (Å²) in [6, 6.07) is 0. The molecular weight excluding hydrogens is 252 g/mol. The Morgan fingerprint density at radius 1 is 0.722 bits per heavy atom. The van der Waals surface area contributed by atoms with Crippen molar-refractivity contribution in [2.45, 2.75) is 25.7 Å². The lowest BCUT2D eigenvalue weighted by Crippen LogP contribution is -2.25. The molecule has 7 heteroatoms. The Labute approximate surface area is 113 Å². The zero-order chi connectivity index (χ0) is 11.7. The van der Waals surface area contributed by atoms with Gasteiger partial charge in [-0.25, -0.2) is 0 Å². The maximum Gasteiger partial charge on any atom is 0.231 e. The first kappa shape index (κ1) is 13.1. The van der Waals surface area contributed by atoms with Gasteiger partial charge in [-0.3, -0.25) is 0 Å². The second-order valence-electron chi connectivity index (χ2n) is 4.68. The van der Waals surface area contributed by atoms with Gasteiger partial charge in [-0.15, -0.1) is 12.4 Å². The third kappa shape index (κ3) is 2.58. The van der Waals surface area contributed by atoms with Crippen molar-refractivity contribution in [2.75, 3.05) is 41.7 Å². The summed E-state index contributed by atoms with van der Waals surface area (Å²) >= 11 is 0. The minimum absolute atomic E-state index is 0. The van der Waals surface area contributed by atoms with Crippen LogP contribution in [0.5, 0.6) is 0 Å². The summed E-state index contributed by atoms with van der Waals surface area (Å²) in [6.45, 7) is 4.12. The van der Waals surface area contributed by atoms with Crippen molar-refractivity contribution in [1.29, 1.82) is 0 Å². The van der Waals surface area contributed by atoms with Gasteiger partial charge in [0.25, 0.3) is 0 Å². The Bertz CT molecular complexity index is 366. The average molecular weight is 271 g/mol. The molecule has 2 aliphatic rings. The largest absolute Gasteiger partial charge is 0.368 e. The molecule has 1 aromatic heterocycles. The van der Waals surface area contributed by atoms with Crippen LogP contribution in [0.25, 0.3) is 0 Å². The molecule has 1 aromatic rings. The van der Waals surface area contributed by atoms with Gasteiger partial charge < -0.3 is 15.5 Å². The maximum atomic E-state index is 5.78. The van der Waals surface area contributed by atoms with Crippen LogP contribution in [0.1, 0.15) is 25.7 Å². The zero-order valence-electron chi connectivity index (χ0n) is 10.4. The van der Waals surface area contributed by atoms with Crippen LogP contribution in [0.15, 0.2) is 0 Å². The molecule has 2 N–H and O–H groups in total. The number of halogens is 1. The van der Waals surface area contributed by atoms with Crippen LogP contribution >= 0.6 is 12.4 Å². The summed E-state index contributed by atoms with van der Waals surface area (Å²) in [5, 5.41) is 0. The summed E-state index contributed by atoms with van der Waals surface area (Å²) in [6.07, 6.45) is 4.85. The quantitative estimate of drug-likeness (QED) is 0.867. The molecule has 0 spiro atoms. The fourth-order valence-corrected chi connectivity index (χ4v) is 2.49. The molecule has 0 saturated carbocycles. The van der Waals surface area contributed by atoms with E-state index >= 15 is 0 Å². The summed E-state index contributed by atoms with van der Waals surface area (Å²) < 4.78 is 0. The van der Waals surface area contributed by atoms with Crippen molar-refractivity contribution in [3.63, 3.8) is 0 Å². The van der Waals surface area contributed by atoms with Gasteiger partial charge in [0.05, 0.1) is 0 Å². The summed E-state index contributed by atoms with van der Waals surface area (Å²) in [4.78, 5) is 17.4. The molecule has 0 atom stereocenters. The Morgan fingerprint density at radius 3 is 1.50 bits per heavy atom. The Hall–Kier alpha value is -1.30. The number of nitrogens with zero attached hydrogens (tertiary/aromatic N) is 5. The maximum absolute atomic E-state index is 5.78. The first-order chi connectivity index (χ1) is 8.33. The molecule has 2 saturated heterocycles. The highest BCUT2D eigenvalue weighted by Gasteiger charge is 2.20. The van der Waals surface area contributed by atoms with Crippen molar-refractivity contribution >= 4 is 30.3 Å². The molecule has 2 fully saturated rings. The molecule has 0 aliphatic carbocycles. The third-order valence-electron chi connectivity index (χ3n) is 3.41. The van der Waals surface area contributed by atoms with E-state index in [0.29, 0.717) is 5.95 Å². The SMILES string of the molecule is Cl.Nc1nc(N2CCCC2)nc(N2CCCC2)n1. The van der Waals surface area contributed by atoms with Crippen LogP contribution in [0.3, 0.4) is 0 Å². The first-order valence-electron chi connectivity index (χ1n) is 6.34. The van der Waals surface area contributed by atoms with Gasteiger partial charge in [0.15, 0.2) is 0 Å². The van der Waals surface area contributed by atoms with E-state index in [2.05, 4.69) is 24.8 Å². The van der Waals surface area contributed by atoms with E-state index in [-0.39, 0.29) is 12.4 Å². The van der Waals surface area contributed by atoms with Crippen molar-refractivity contribution in [2.24, 2.45) is 0 Å². The normalized spacial score (nSPS) is 19.1. The van der Waals surface area contributed by atoms with Crippen LogP contribution in [0, 0.1) is 0 Å². The van der Waals surface area contributed by atoms with E-state index < -0.39 is 0 Å². The van der Waals surface area contributed by atoms with E-state index in [9.17, 15) is 0 Å². The van der Waals surface area contributed by atoms with E-state index in [1.807, 2.05) is 0 Å². The van der Waals surface area contributed by atoms with Gasteiger partial charge in [0.2, 0.25) is 17.8 Å². The molecule has 0 bridgehead atoms. The molecule has 100 valence electrons. The van der Waals surface area contributed by atoms with Crippen molar-refractivity contribution < 1.29 is 0 Å². The second-order valence-corrected chi connectivity index (χ2v) is 4.68. The molecule has 2 aliphatic heterocycles. The molecule has 0 unspecified atom stereocenters. The lowest BCUT2D eigenvalue weighted by molar-refractivity contribution is 0.843. The first-order valence-corrected chi connectivity index (χ1v) is 6.34. The van der Waals surface area contributed by atoms with Gasteiger partial charge in [0.1, 0.15) is 0 Å². The third-order valence-corrected chi connectivity index (χ3v) is 3.41. The molecule has 0 amide bonds. The van der Waals surface area contributed by atoms with Gasteiger partial charge >= 0.3 is 0 Å². The highest BCUT2D eigenvalue weighted by atomic mass is 35.5. The van der Waals surface area contributed by atoms with Gasteiger partial charge in [-0.05, 0) is 25.7 Å². The number of hydrogen-bond acceptors (Lipinski definition) is 6. The second kappa shape index (κ2) is 5.56. The van der Waals surface area contributed by atoms with E-state index in [0.717, 1.165) is 38.1 Å². The average Bonchev–Trinajstić information content (AvgIpc) is 3.02. The van der Waals surface area contributed by atoms with Crippen molar-refractivity contribution in [1.82, 2.24) is 15.0 Å². The lowest BCUT2D eigenvalue weighted by Gasteiger charge is -2.19. The van der Waals surface area contributed by atoms with E-state index in [4.69, 9.17) is 5.73 Å². The standard InChI is InChI=1S/C11H18N6.ClH/c12-9-13-10(16-5-1-2-6-16)15-11(14-9)17-7-3-4-8-17;/h1-8H2,(H2,12,13,14,15);1H. The molecular formula is C11H19ClN6. The Balaban J connectivity index is 0.00000120. The topological polar surface area (TPSA) is 71.2 Å². The van der Waals surface area contributed by atoms with Crippen LogP contribution in [0.4, 0.5) is 17.8 Å². The van der Waals surface area contributed by atoms with Gasteiger partial charge in [-0.1, -0.05) is 0 Å². The number of anilines is 3. The predicted molar refractivity (Wildman–Crippen MR) is 74.4 cm³/mol. The summed E-state index contributed by atoms with van der Waals surface area (Å²) in [5.41, 5.74) is 5.78. The molecule has 18 heavy (non-hydrogen) atoms.